The van der Waals surface area contributed by atoms with Gasteiger partial charge in [-0.3, -0.25) is 0 Å². The van der Waals surface area contributed by atoms with Crippen LogP contribution in [0.15, 0.2) is 0 Å². The summed E-state index contributed by atoms with van der Waals surface area (Å²) in [5.41, 5.74) is 1.43. The van der Waals surface area contributed by atoms with Crippen molar-refractivity contribution >= 4 is 33.1 Å². The van der Waals surface area contributed by atoms with Gasteiger partial charge in [0, 0.05) is 24.5 Å². The van der Waals surface area contributed by atoms with Crippen LogP contribution in [0.1, 0.15) is 43.0 Å². The molecule has 1 aliphatic heterocycles. The molecule has 0 spiro atoms. The molecule has 3 aromatic heterocycles. The lowest BCUT2D eigenvalue weighted by Gasteiger charge is -2.22. The zero-order chi connectivity index (χ0) is 16.5. The highest BCUT2D eigenvalue weighted by molar-refractivity contribution is 7.19. The highest BCUT2D eigenvalue weighted by atomic mass is 32.1. The van der Waals surface area contributed by atoms with Crippen molar-refractivity contribution in [3.63, 3.8) is 0 Å². The molecule has 4 rings (SSSR count). The minimum absolute atomic E-state index is 0.575. The van der Waals surface area contributed by atoms with Gasteiger partial charge < -0.3 is 10.2 Å². The van der Waals surface area contributed by atoms with Gasteiger partial charge in [0.15, 0.2) is 0 Å². The summed E-state index contributed by atoms with van der Waals surface area (Å²) >= 11 is 1.80. The first kappa shape index (κ1) is 15.7. The Morgan fingerprint density at radius 1 is 1.25 bits per heavy atom. The molecule has 1 aliphatic rings. The fourth-order valence-corrected chi connectivity index (χ4v) is 4.71. The molecule has 128 valence electrons. The molecule has 4 heterocycles. The van der Waals surface area contributed by atoms with Crippen LogP contribution < -0.4 is 5.32 Å². The molecule has 0 saturated heterocycles. The lowest BCUT2D eigenvalue weighted by molar-refractivity contribution is 0.318. The molecular weight excluding hydrogens is 322 g/mol. The summed E-state index contributed by atoms with van der Waals surface area (Å²) in [4.78, 5) is 9.58. The Kier molecular flexibility index (Phi) is 4.32. The van der Waals surface area contributed by atoms with E-state index in [1.54, 1.807) is 15.9 Å². The van der Waals surface area contributed by atoms with E-state index in [4.69, 9.17) is 0 Å². The average molecular weight is 345 g/mol. The molecule has 0 radical (unpaired) electrons. The quantitative estimate of drug-likeness (QED) is 0.693. The fourth-order valence-electron chi connectivity index (χ4n) is 3.34. The number of unbranched alkanes of at least 4 members (excludes halogenated alkanes) is 3. The van der Waals surface area contributed by atoms with Gasteiger partial charge in [-0.05, 0) is 35.9 Å². The summed E-state index contributed by atoms with van der Waals surface area (Å²) in [6.07, 6.45) is 6.03. The zero-order valence-corrected chi connectivity index (χ0v) is 15.1. The van der Waals surface area contributed by atoms with E-state index in [1.165, 1.54) is 41.5 Å². The van der Waals surface area contributed by atoms with Gasteiger partial charge in [0.2, 0.25) is 0 Å². The third-order valence-corrected chi connectivity index (χ3v) is 5.84. The van der Waals surface area contributed by atoms with Gasteiger partial charge in [0.05, 0.1) is 5.39 Å². The van der Waals surface area contributed by atoms with Crippen molar-refractivity contribution in [1.82, 2.24) is 29.9 Å². The van der Waals surface area contributed by atoms with Crippen molar-refractivity contribution in [3.8, 4) is 0 Å². The maximum Gasteiger partial charge on any atom is 0.276 e. The number of thiophene rings is 1. The SMILES string of the molecule is CCCCCCNc1nc2nnnn2c2sc3c(c12)CCN(C)C3. The van der Waals surface area contributed by atoms with Gasteiger partial charge in [-0.25, -0.2) is 0 Å². The van der Waals surface area contributed by atoms with Crippen molar-refractivity contribution < 1.29 is 0 Å². The lowest BCUT2D eigenvalue weighted by Crippen LogP contribution is -2.25. The highest BCUT2D eigenvalue weighted by Gasteiger charge is 2.24. The van der Waals surface area contributed by atoms with Gasteiger partial charge in [-0.2, -0.15) is 9.50 Å². The Labute approximate surface area is 145 Å². The van der Waals surface area contributed by atoms with Crippen LogP contribution in [-0.4, -0.2) is 50.1 Å². The van der Waals surface area contributed by atoms with Crippen LogP contribution >= 0.6 is 11.3 Å². The number of hydrogen-bond donors (Lipinski definition) is 1. The molecule has 0 aromatic carbocycles. The molecule has 0 unspecified atom stereocenters. The number of nitrogens with one attached hydrogen (secondary N) is 1. The molecule has 0 aliphatic carbocycles. The van der Waals surface area contributed by atoms with Gasteiger partial charge in [0.1, 0.15) is 10.6 Å². The zero-order valence-electron chi connectivity index (χ0n) is 14.2. The average Bonchev–Trinajstić information content (AvgIpc) is 3.17. The van der Waals surface area contributed by atoms with E-state index in [2.05, 4.69) is 44.7 Å². The van der Waals surface area contributed by atoms with Crippen molar-refractivity contribution in [3.05, 3.63) is 10.4 Å². The third-order valence-electron chi connectivity index (χ3n) is 4.65. The minimum atomic E-state index is 0.575. The standard InChI is InChI=1S/C16H23N7S/c1-3-4-5-6-8-17-14-13-11-7-9-22(2)10-12(11)24-15(13)23-16(18-14)19-20-21-23/h3-10H2,1-2H3,(H,17,18,19,21). The van der Waals surface area contributed by atoms with E-state index in [0.29, 0.717) is 5.78 Å². The number of nitrogens with zero attached hydrogens (tertiary/aromatic N) is 6. The van der Waals surface area contributed by atoms with Gasteiger partial charge in [0.25, 0.3) is 5.78 Å². The number of anilines is 1. The summed E-state index contributed by atoms with van der Waals surface area (Å²) < 4.78 is 1.78. The molecule has 0 bridgehead atoms. The first-order valence-corrected chi connectivity index (χ1v) is 9.54. The number of rotatable bonds is 6. The fraction of sp³-hybridized carbons (Fsp3) is 0.625. The first-order valence-electron chi connectivity index (χ1n) is 8.72. The number of aromatic nitrogens is 5. The Hall–Kier alpha value is -1.80. The van der Waals surface area contributed by atoms with Crippen LogP contribution in [0.5, 0.6) is 0 Å². The van der Waals surface area contributed by atoms with Gasteiger partial charge in [-0.1, -0.05) is 31.3 Å². The second-order valence-corrected chi connectivity index (χ2v) is 7.59. The van der Waals surface area contributed by atoms with Gasteiger partial charge in [-0.15, -0.1) is 11.3 Å². The Balaban J connectivity index is 1.73. The molecular formula is C16H23N7S. The third kappa shape index (κ3) is 2.73. The van der Waals surface area contributed by atoms with Crippen molar-refractivity contribution in [2.45, 2.75) is 45.6 Å². The van der Waals surface area contributed by atoms with E-state index in [9.17, 15) is 0 Å². The first-order chi connectivity index (χ1) is 11.8. The summed E-state index contributed by atoms with van der Waals surface area (Å²) in [6, 6.07) is 0. The number of tetrazole rings is 1. The predicted molar refractivity (Wildman–Crippen MR) is 96.6 cm³/mol. The molecule has 24 heavy (non-hydrogen) atoms. The summed E-state index contributed by atoms with van der Waals surface area (Å²) in [7, 11) is 2.17. The molecule has 3 aromatic rings. The Morgan fingerprint density at radius 3 is 3.04 bits per heavy atom. The second-order valence-electron chi connectivity index (χ2n) is 6.51. The Morgan fingerprint density at radius 2 is 2.17 bits per heavy atom. The molecule has 8 heteroatoms. The largest absolute Gasteiger partial charge is 0.369 e. The number of likely N-dealkylation sites (N-methyl/N-ethyl adjacent to an activating group) is 1. The molecule has 0 saturated carbocycles. The topological polar surface area (TPSA) is 71.2 Å². The molecule has 0 atom stereocenters. The van der Waals surface area contributed by atoms with E-state index >= 15 is 0 Å². The van der Waals surface area contributed by atoms with Crippen molar-refractivity contribution in [2.24, 2.45) is 0 Å². The minimum Gasteiger partial charge on any atom is -0.369 e. The molecule has 7 nitrogen and oxygen atoms in total. The van der Waals surface area contributed by atoms with Crippen LogP contribution in [0.2, 0.25) is 0 Å². The van der Waals surface area contributed by atoms with Crippen molar-refractivity contribution in [1.29, 1.82) is 0 Å². The van der Waals surface area contributed by atoms with Gasteiger partial charge >= 0.3 is 0 Å². The number of hydrogen-bond acceptors (Lipinski definition) is 7. The highest BCUT2D eigenvalue weighted by Crippen LogP contribution is 2.38. The van der Waals surface area contributed by atoms with E-state index < -0.39 is 0 Å². The summed E-state index contributed by atoms with van der Waals surface area (Å²) in [5, 5.41) is 16.8. The van der Waals surface area contributed by atoms with Crippen LogP contribution in [0.4, 0.5) is 5.82 Å². The van der Waals surface area contributed by atoms with Crippen LogP contribution in [0, 0.1) is 0 Å². The Bertz CT molecular complexity index is 853. The monoisotopic (exact) mass is 345 g/mol. The van der Waals surface area contributed by atoms with E-state index in [1.807, 2.05) is 0 Å². The lowest BCUT2D eigenvalue weighted by atomic mass is 10.1. The molecule has 1 N–H and O–H groups in total. The van der Waals surface area contributed by atoms with Crippen LogP contribution in [-0.2, 0) is 13.0 Å². The summed E-state index contributed by atoms with van der Waals surface area (Å²) in [5.74, 6) is 1.52. The second kappa shape index (κ2) is 6.60. The normalized spacial score (nSPS) is 15.2. The number of fused-ring (bicyclic) bond motifs is 5. The predicted octanol–water partition coefficient (Wildman–Crippen LogP) is 2.71. The maximum atomic E-state index is 4.69. The molecule has 0 fully saturated rings. The van der Waals surface area contributed by atoms with Crippen LogP contribution in [0.3, 0.4) is 0 Å². The summed E-state index contributed by atoms with van der Waals surface area (Å²) in [6.45, 7) is 5.26. The van der Waals surface area contributed by atoms with Crippen molar-refractivity contribution in [2.75, 3.05) is 25.5 Å². The maximum absolute atomic E-state index is 4.69. The smallest absolute Gasteiger partial charge is 0.276 e. The van der Waals surface area contributed by atoms with E-state index in [0.717, 1.165) is 36.7 Å². The van der Waals surface area contributed by atoms with E-state index in [-0.39, 0.29) is 0 Å². The van der Waals surface area contributed by atoms with Crippen LogP contribution in [0.25, 0.3) is 16.0 Å². The molecule has 0 amide bonds.